The Hall–Kier alpha value is -1.67. The summed E-state index contributed by atoms with van der Waals surface area (Å²) < 4.78 is 2.82. The Kier molecular flexibility index (Phi) is 4.56. The number of carbonyl (C=O) groups is 1. The van der Waals surface area contributed by atoms with E-state index >= 15 is 0 Å². The number of amides is 1. The molecule has 2 aromatic rings. The number of benzene rings is 1. The second-order valence-electron chi connectivity index (χ2n) is 3.87. The van der Waals surface area contributed by atoms with Crippen molar-refractivity contribution in [1.82, 2.24) is 15.2 Å². The highest BCUT2D eigenvalue weighted by Crippen LogP contribution is 2.20. The van der Waals surface area contributed by atoms with Gasteiger partial charge in [-0.05, 0) is 34.1 Å². The van der Waals surface area contributed by atoms with E-state index in [-0.39, 0.29) is 5.75 Å². The average Bonchev–Trinajstić information content (AvgIpc) is 2.73. The van der Waals surface area contributed by atoms with Gasteiger partial charge in [0.25, 0.3) is 5.91 Å². The number of rotatable bonds is 3. The Labute approximate surface area is 131 Å². The molecule has 0 aliphatic carbocycles. The SMILES string of the molecule is Cn1ncc(Br)c1C(=O)NN=Cc1cc(Br)ccc1O. The lowest BCUT2D eigenvalue weighted by Gasteiger charge is -2.02. The number of halogens is 2. The Balaban J connectivity index is 2.10. The quantitative estimate of drug-likeness (QED) is 0.612. The van der Waals surface area contributed by atoms with Crippen LogP contribution in [0.2, 0.25) is 0 Å². The van der Waals surface area contributed by atoms with Gasteiger partial charge in [0.1, 0.15) is 11.4 Å². The first-order valence-electron chi connectivity index (χ1n) is 5.48. The zero-order valence-corrected chi connectivity index (χ0v) is 13.5. The topological polar surface area (TPSA) is 79.5 Å². The Morgan fingerprint density at radius 3 is 2.90 bits per heavy atom. The van der Waals surface area contributed by atoms with Gasteiger partial charge in [-0.2, -0.15) is 10.2 Å². The monoisotopic (exact) mass is 400 g/mol. The molecular formula is C12H10Br2N4O2. The van der Waals surface area contributed by atoms with E-state index in [1.54, 1.807) is 19.2 Å². The second kappa shape index (κ2) is 6.19. The number of phenolic OH excluding ortho intramolecular Hbond substituents is 1. The fourth-order valence-electron chi connectivity index (χ4n) is 1.51. The van der Waals surface area contributed by atoms with Crippen LogP contribution in [0.5, 0.6) is 5.75 Å². The molecule has 0 spiro atoms. The molecule has 6 nitrogen and oxygen atoms in total. The number of aromatic nitrogens is 2. The van der Waals surface area contributed by atoms with Crippen LogP contribution in [0.15, 0.2) is 38.4 Å². The smallest absolute Gasteiger partial charge is 0.290 e. The van der Waals surface area contributed by atoms with Crippen LogP contribution < -0.4 is 5.43 Å². The van der Waals surface area contributed by atoms with Gasteiger partial charge in [-0.15, -0.1) is 0 Å². The van der Waals surface area contributed by atoms with Crippen LogP contribution in [0, 0.1) is 0 Å². The molecule has 0 aliphatic rings. The number of aromatic hydroxyl groups is 1. The molecule has 8 heteroatoms. The van der Waals surface area contributed by atoms with Crippen LogP contribution in [-0.2, 0) is 7.05 Å². The maximum Gasteiger partial charge on any atom is 0.290 e. The highest BCUT2D eigenvalue weighted by atomic mass is 79.9. The molecule has 2 rings (SSSR count). The van der Waals surface area contributed by atoms with Gasteiger partial charge in [0.05, 0.1) is 16.9 Å². The number of hydrogen-bond acceptors (Lipinski definition) is 4. The zero-order chi connectivity index (χ0) is 14.7. The third-order valence-corrected chi connectivity index (χ3v) is 3.54. The van der Waals surface area contributed by atoms with Crippen molar-refractivity contribution in [2.45, 2.75) is 0 Å². The Morgan fingerprint density at radius 1 is 1.50 bits per heavy atom. The number of nitrogens with zero attached hydrogens (tertiary/aromatic N) is 3. The average molecular weight is 402 g/mol. The Bertz CT molecular complexity index is 663. The highest BCUT2D eigenvalue weighted by molar-refractivity contribution is 9.10. The molecule has 0 atom stereocenters. The molecule has 0 saturated carbocycles. The van der Waals surface area contributed by atoms with Crippen LogP contribution >= 0.6 is 31.9 Å². The van der Waals surface area contributed by atoms with Crippen molar-refractivity contribution in [3.05, 3.63) is 44.6 Å². The van der Waals surface area contributed by atoms with Gasteiger partial charge in [0, 0.05) is 17.1 Å². The van der Waals surface area contributed by atoms with E-state index < -0.39 is 5.91 Å². The summed E-state index contributed by atoms with van der Waals surface area (Å²) in [6.07, 6.45) is 2.89. The lowest BCUT2D eigenvalue weighted by Crippen LogP contribution is -2.21. The van der Waals surface area contributed by atoms with E-state index in [2.05, 4.69) is 47.5 Å². The summed E-state index contributed by atoms with van der Waals surface area (Å²) in [5.41, 5.74) is 3.23. The summed E-state index contributed by atoms with van der Waals surface area (Å²) in [4.78, 5) is 11.9. The number of carbonyl (C=O) groups excluding carboxylic acids is 1. The normalized spacial score (nSPS) is 10.9. The molecule has 0 saturated heterocycles. The number of hydrogen-bond donors (Lipinski definition) is 2. The van der Waals surface area contributed by atoms with Gasteiger partial charge >= 0.3 is 0 Å². The van der Waals surface area contributed by atoms with Crippen molar-refractivity contribution in [2.75, 3.05) is 0 Å². The summed E-state index contributed by atoms with van der Waals surface area (Å²) in [5, 5.41) is 17.4. The minimum atomic E-state index is -0.400. The molecule has 104 valence electrons. The first-order chi connectivity index (χ1) is 9.49. The van der Waals surface area contributed by atoms with Crippen LogP contribution in [0.1, 0.15) is 16.1 Å². The van der Waals surface area contributed by atoms with E-state index in [1.807, 2.05) is 0 Å². The van der Waals surface area contributed by atoms with E-state index in [0.29, 0.717) is 15.7 Å². The molecule has 0 aliphatic heterocycles. The largest absolute Gasteiger partial charge is 0.507 e. The van der Waals surface area contributed by atoms with Crippen molar-refractivity contribution in [3.8, 4) is 5.75 Å². The Morgan fingerprint density at radius 2 is 2.25 bits per heavy atom. The first kappa shape index (κ1) is 14.7. The van der Waals surface area contributed by atoms with Gasteiger partial charge in [-0.1, -0.05) is 15.9 Å². The summed E-state index contributed by atoms with van der Waals surface area (Å²) in [6, 6.07) is 4.92. The maximum absolute atomic E-state index is 11.9. The lowest BCUT2D eigenvalue weighted by atomic mass is 10.2. The van der Waals surface area contributed by atoms with Crippen LogP contribution in [0.25, 0.3) is 0 Å². The first-order valence-corrected chi connectivity index (χ1v) is 7.07. The van der Waals surface area contributed by atoms with Crippen LogP contribution in [-0.4, -0.2) is 27.0 Å². The molecule has 2 N–H and O–H groups in total. The van der Waals surface area contributed by atoms with E-state index in [4.69, 9.17) is 0 Å². The van der Waals surface area contributed by atoms with Crippen molar-refractivity contribution in [2.24, 2.45) is 12.1 Å². The molecule has 0 bridgehead atoms. The molecule has 1 amide bonds. The van der Waals surface area contributed by atoms with E-state index in [0.717, 1.165) is 4.47 Å². The van der Waals surface area contributed by atoms with Crippen LogP contribution in [0.4, 0.5) is 0 Å². The van der Waals surface area contributed by atoms with E-state index in [9.17, 15) is 9.90 Å². The summed E-state index contributed by atoms with van der Waals surface area (Å²) in [5.74, 6) is -0.324. The number of aryl methyl sites for hydroxylation is 1. The zero-order valence-electron chi connectivity index (χ0n) is 10.3. The maximum atomic E-state index is 11.9. The number of phenols is 1. The summed E-state index contributed by atoms with van der Waals surface area (Å²) >= 11 is 6.52. The predicted molar refractivity (Wildman–Crippen MR) is 81.8 cm³/mol. The van der Waals surface area contributed by atoms with Gasteiger partial charge in [-0.25, -0.2) is 5.43 Å². The molecular weight excluding hydrogens is 392 g/mol. The highest BCUT2D eigenvalue weighted by Gasteiger charge is 2.14. The summed E-state index contributed by atoms with van der Waals surface area (Å²) in [6.45, 7) is 0. The van der Waals surface area contributed by atoms with Crippen LogP contribution in [0.3, 0.4) is 0 Å². The number of hydrazone groups is 1. The fraction of sp³-hybridized carbons (Fsp3) is 0.0833. The molecule has 0 radical (unpaired) electrons. The third-order valence-electron chi connectivity index (χ3n) is 2.47. The van der Waals surface area contributed by atoms with Gasteiger partial charge in [0.2, 0.25) is 0 Å². The molecule has 0 unspecified atom stereocenters. The third kappa shape index (κ3) is 3.26. The summed E-state index contributed by atoms with van der Waals surface area (Å²) in [7, 11) is 1.66. The van der Waals surface area contributed by atoms with E-state index in [1.165, 1.54) is 23.2 Å². The van der Waals surface area contributed by atoms with Gasteiger partial charge in [-0.3, -0.25) is 9.48 Å². The van der Waals surface area contributed by atoms with Crippen molar-refractivity contribution in [3.63, 3.8) is 0 Å². The lowest BCUT2D eigenvalue weighted by molar-refractivity contribution is 0.0945. The van der Waals surface area contributed by atoms with Gasteiger partial charge < -0.3 is 5.11 Å². The molecule has 0 fully saturated rings. The fourth-order valence-corrected chi connectivity index (χ4v) is 2.42. The van der Waals surface area contributed by atoms with Crippen molar-refractivity contribution >= 4 is 44.0 Å². The second-order valence-corrected chi connectivity index (χ2v) is 5.64. The van der Waals surface area contributed by atoms with Gasteiger partial charge in [0.15, 0.2) is 0 Å². The molecule has 1 aromatic heterocycles. The van der Waals surface area contributed by atoms with Crippen molar-refractivity contribution < 1.29 is 9.90 Å². The molecule has 20 heavy (non-hydrogen) atoms. The standard InChI is InChI=1S/C12H10Br2N4O2/c1-18-11(9(14)6-16-18)12(20)17-15-5-7-4-8(13)2-3-10(7)19/h2-6,19H,1H3,(H,17,20). The molecule has 1 heterocycles. The predicted octanol–water partition coefficient (Wildman–Crippen LogP) is 2.41. The molecule has 1 aromatic carbocycles. The minimum absolute atomic E-state index is 0.0768. The van der Waals surface area contributed by atoms with Crippen molar-refractivity contribution in [1.29, 1.82) is 0 Å². The minimum Gasteiger partial charge on any atom is -0.507 e. The number of nitrogens with one attached hydrogen (secondary N) is 1.